The van der Waals surface area contributed by atoms with Crippen molar-refractivity contribution in [3.05, 3.63) is 28.2 Å². The van der Waals surface area contributed by atoms with Crippen LogP contribution in [0.1, 0.15) is 32.3 Å². The number of nitrogens with one attached hydrogen (secondary N) is 1. The van der Waals surface area contributed by atoms with Crippen LogP contribution >= 0.6 is 15.9 Å². The molecular weight excluding hydrogens is 326 g/mol. The number of likely N-dealkylation sites (tertiary alicyclic amines) is 1. The summed E-state index contributed by atoms with van der Waals surface area (Å²) in [6, 6.07) is 7.31. The number of likely N-dealkylation sites (N-methyl/N-ethyl adjacent to an activating group) is 2. The van der Waals surface area contributed by atoms with Gasteiger partial charge < -0.3 is 10.2 Å². The molecule has 1 atom stereocenters. The minimum atomic E-state index is 0.700. The third-order valence-corrected chi connectivity index (χ3v) is 4.91. The zero-order valence-electron chi connectivity index (χ0n) is 13.5. The van der Waals surface area contributed by atoms with Gasteiger partial charge in [-0.15, -0.1) is 0 Å². The van der Waals surface area contributed by atoms with Crippen LogP contribution < -0.4 is 10.2 Å². The normalized spacial score (nSPS) is 19.1. The molecule has 1 saturated heterocycles. The highest BCUT2D eigenvalue weighted by molar-refractivity contribution is 9.10. The van der Waals surface area contributed by atoms with Gasteiger partial charge >= 0.3 is 0 Å². The van der Waals surface area contributed by atoms with Crippen LogP contribution in [0.5, 0.6) is 0 Å². The third kappa shape index (κ3) is 4.44. The predicted octanol–water partition coefficient (Wildman–Crippen LogP) is 3.48. The summed E-state index contributed by atoms with van der Waals surface area (Å²) in [6.07, 6.45) is 2.67. The first-order chi connectivity index (χ1) is 10.2. The number of halogens is 1. The predicted molar refractivity (Wildman–Crippen MR) is 95.1 cm³/mol. The van der Waals surface area contributed by atoms with Gasteiger partial charge in [0.05, 0.1) is 0 Å². The summed E-state index contributed by atoms with van der Waals surface area (Å²) in [5, 5.41) is 3.44. The van der Waals surface area contributed by atoms with Crippen LogP contribution in [-0.4, -0.2) is 44.2 Å². The van der Waals surface area contributed by atoms with E-state index >= 15 is 0 Å². The Morgan fingerprint density at radius 2 is 2.19 bits per heavy atom. The Balaban J connectivity index is 2.09. The molecule has 0 bridgehead atoms. The molecule has 3 nitrogen and oxygen atoms in total. The summed E-state index contributed by atoms with van der Waals surface area (Å²) in [7, 11) is 2.23. The largest absolute Gasteiger partial charge is 0.373 e. The van der Waals surface area contributed by atoms with E-state index in [9.17, 15) is 0 Å². The first-order valence-electron chi connectivity index (χ1n) is 8.10. The average molecular weight is 354 g/mol. The number of benzene rings is 1. The van der Waals surface area contributed by atoms with Crippen LogP contribution in [0.4, 0.5) is 5.69 Å². The molecule has 1 N–H and O–H groups in total. The van der Waals surface area contributed by atoms with Gasteiger partial charge in [-0.3, -0.25) is 4.90 Å². The van der Waals surface area contributed by atoms with Crippen molar-refractivity contribution in [1.29, 1.82) is 0 Å². The summed E-state index contributed by atoms with van der Waals surface area (Å²) in [6.45, 7) is 9.91. The molecule has 0 aliphatic carbocycles. The van der Waals surface area contributed by atoms with Crippen LogP contribution in [-0.2, 0) is 6.54 Å². The Hall–Kier alpha value is -0.580. The van der Waals surface area contributed by atoms with Gasteiger partial charge in [-0.25, -0.2) is 0 Å². The van der Waals surface area contributed by atoms with Crippen molar-refractivity contribution in [3.8, 4) is 0 Å². The molecule has 2 rings (SSSR count). The van der Waals surface area contributed by atoms with E-state index in [2.05, 4.69) is 70.1 Å². The molecule has 1 unspecified atom stereocenters. The molecule has 0 saturated carbocycles. The molecule has 1 aromatic carbocycles. The maximum Gasteiger partial charge on any atom is 0.0421 e. The fourth-order valence-electron chi connectivity index (χ4n) is 3.23. The number of nitrogens with zero attached hydrogens (tertiary/aromatic N) is 2. The lowest BCUT2D eigenvalue weighted by Gasteiger charge is -2.30. The van der Waals surface area contributed by atoms with E-state index in [1.54, 1.807) is 0 Å². The topological polar surface area (TPSA) is 18.5 Å². The minimum absolute atomic E-state index is 0.700. The lowest BCUT2D eigenvalue weighted by Crippen LogP contribution is -2.39. The smallest absolute Gasteiger partial charge is 0.0421 e. The van der Waals surface area contributed by atoms with E-state index in [1.807, 2.05) is 0 Å². The Bertz CT molecular complexity index is 450. The van der Waals surface area contributed by atoms with Gasteiger partial charge in [-0.05, 0) is 50.2 Å². The molecular formula is C17H28BrN3. The molecule has 0 spiro atoms. The van der Waals surface area contributed by atoms with E-state index in [-0.39, 0.29) is 0 Å². The molecule has 0 aromatic heterocycles. The molecule has 0 amide bonds. The Morgan fingerprint density at radius 3 is 2.90 bits per heavy atom. The molecule has 21 heavy (non-hydrogen) atoms. The molecule has 1 aliphatic rings. The zero-order valence-corrected chi connectivity index (χ0v) is 15.1. The summed E-state index contributed by atoms with van der Waals surface area (Å²) in [5.74, 6) is 0. The monoisotopic (exact) mass is 353 g/mol. The Kier molecular flexibility index (Phi) is 6.52. The lowest BCUT2D eigenvalue weighted by molar-refractivity contribution is 0.270. The second-order valence-corrected chi connectivity index (χ2v) is 6.77. The SMILES string of the molecule is CCNCc1ccc(Br)cc1N(C)CC1CCCN1CC. The van der Waals surface area contributed by atoms with Crippen molar-refractivity contribution < 1.29 is 0 Å². The van der Waals surface area contributed by atoms with Crippen LogP contribution in [0.15, 0.2) is 22.7 Å². The number of hydrogen-bond acceptors (Lipinski definition) is 3. The van der Waals surface area contributed by atoms with E-state index in [4.69, 9.17) is 0 Å². The second-order valence-electron chi connectivity index (χ2n) is 5.86. The fourth-order valence-corrected chi connectivity index (χ4v) is 3.58. The Labute approximate surface area is 137 Å². The minimum Gasteiger partial charge on any atom is -0.373 e. The standard InChI is InChI=1S/C17H28BrN3/c1-4-19-12-14-8-9-15(18)11-17(14)20(3)13-16-7-6-10-21(16)5-2/h8-9,11,16,19H,4-7,10,12-13H2,1-3H3. The van der Waals surface area contributed by atoms with Gasteiger partial charge in [0.1, 0.15) is 0 Å². The molecule has 118 valence electrons. The summed E-state index contributed by atoms with van der Waals surface area (Å²) < 4.78 is 1.16. The van der Waals surface area contributed by atoms with Crippen LogP contribution in [0.2, 0.25) is 0 Å². The molecule has 0 radical (unpaired) electrons. The number of hydrogen-bond donors (Lipinski definition) is 1. The van der Waals surface area contributed by atoms with E-state index in [1.165, 1.54) is 37.2 Å². The third-order valence-electron chi connectivity index (χ3n) is 4.41. The highest BCUT2D eigenvalue weighted by atomic mass is 79.9. The van der Waals surface area contributed by atoms with Crippen molar-refractivity contribution in [2.45, 2.75) is 39.3 Å². The number of anilines is 1. The maximum atomic E-state index is 3.61. The molecule has 4 heteroatoms. The van der Waals surface area contributed by atoms with Gasteiger partial charge in [0.2, 0.25) is 0 Å². The maximum absolute atomic E-state index is 3.61. The first-order valence-corrected chi connectivity index (χ1v) is 8.89. The van der Waals surface area contributed by atoms with Gasteiger partial charge in [-0.1, -0.05) is 35.8 Å². The molecule has 1 aliphatic heterocycles. The molecule has 1 heterocycles. The Morgan fingerprint density at radius 1 is 1.38 bits per heavy atom. The fraction of sp³-hybridized carbons (Fsp3) is 0.647. The van der Waals surface area contributed by atoms with E-state index < -0.39 is 0 Å². The highest BCUT2D eigenvalue weighted by Crippen LogP contribution is 2.26. The highest BCUT2D eigenvalue weighted by Gasteiger charge is 2.24. The molecule has 1 fully saturated rings. The number of rotatable bonds is 7. The van der Waals surface area contributed by atoms with Crippen LogP contribution in [0.25, 0.3) is 0 Å². The summed E-state index contributed by atoms with van der Waals surface area (Å²) in [5.41, 5.74) is 2.72. The second kappa shape index (κ2) is 8.16. The van der Waals surface area contributed by atoms with Crippen LogP contribution in [0.3, 0.4) is 0 Å². The van der Waals surface area contributed by atoms with Crippen molar-refractivity contribution in [2.24, 2.45) is 0 Å². The van der Waals surface area contributed by atoms with Crippen molar-refractivity contribution in [2.75, 3.05) is 38.1 Å². The van der Waals surface area contributed by atoms with Gasteiger partial charge in [0.15, 0.2) is 0 Å². The van der Waals surface area contributed by atoms with Crippen molar-refractivity contribution in [1.82, 2.24) is 10.2 Å². The zero-order chi connectivity index (χ0) is 15.2. The average Bonchev–Trinajstić information content (AvgIpc) is 2.93. The van der Waals surface area contributed by atoms with Gasteiger partial charge in [0.25, 0.3) is 0 Å². The van der Waals surface area contributed by atoms with Crippen molar-refractivity contribution in [3.63, 3.8) is 0 Å². The van der Waals surface area contributed by atoms with Crippen LogP contribution in [0, 0.1) is 0 Å². The summed E-state index contributed by atoms with van der Waals surface area (Å²) in [4.78, 5) is 5.04. The van der Waals surface area contributed by atoms with E-state index in [0.29, 0.717) is 6.04 Å². The lowest BCUT2D eigenvalue weighted by atomic mass is 10.1. The van der Waals surface area contributed by atoms with Gasteiger partial charge in [0, 0.05) is 36.3 Å². The summed E-state index contributed by atoms with van der Waals surface area (Å²) >= 11 is 3.61. The van der Waals surface area contributed by atoms with Crippen molar-refractivity contribution >= 4 is 21.6 Å². The van der Waals surface area contributed by atoms with Gasteiger partial charge in [-0.2, -0.15) is 0 Å². The first kappa shape index (κ1) is 16.8. The van der Waals surface area contributed by atoms with E-state index in [0.717, 1.165) is 24.1 Å². The quantitative estimate of drug-likeness (QED) is 0.809. The molecule has 1 aromatic rings.